The summed E-state index contributed by atoms with van der Waals surface area (Å²) in [4.78, 5) is 31.2. The number of hydrogen-bond donors (Lipinski definition) is 2. The Bertz CT molecular complexity index is 1120. The van der Waals surface area contributed by atoms with Gasteiger partial charge in [0.2, 0.25) is 5.91 Å². The third-order valence-corrected chi connectivity index (χ3v) is 7.45. The van der Waals surface area contributed by atoms with Crippen LogP contribution < -0.4 is 5.32 Å². The lowest BCUT2D eigenvalue weighted by molar-refractivity contribution is -0.126. The Labute approximate surface area is 173 Å². The third kappa shape index (κ3) is 2.85. The number of rotatable bonds is 4. The Hall–Kier alpha value is -2.73. The highest BCUT2D eigenvalue weighted by Gasteiger charge is 2.57. The molecule has 1 unspecified atom stereocenters. The van der Waals surface area contributed by atoms with Crippen LogP contribution in [0.1, 0.15) is 40.7 Å². The first-order valence-corrected chi connectivity index (χ1v) is 10.8. The standard InChI is InChI=1S/C23H23N3O2S/c1-23(2)19(26-21(28)16-8-3-4-9-17(16)22(26)29-23)20(27)24-12-11-14-13-25-18-10-6-5-7-15(14)18/h3-10,13,19,22,25H,11-12H2,1-2H3,(H,24,27)/t19-,22?/m1/s1. The van der Waals surface area contributed by atoms with E-state index in [0.29, 0.717) is 6.54 Å². The van der Waals surface area contributed by atoms with Gasteiger partial charge in [-0.3, -0.25) is 9.59 Å². The van der Waals surface area contributed by atoms with Gasteiger partial charge in [0.1, 0.15) is 11.4 Å². The summed E-state index contributed by atoms with van der Waals surface area (Å²) in [5.74, 6) is -0.119. The van der Waals surface area contributed by atoms with E-state index in [1.165, 1.54) is 10.9 Å². The second kappa shape index (κ2) is 6.66. The van der Waals surface area contributed by atoms with Gasteiger partial charge in [-0.1, -0.05) is 36.4 Å². The maximum atomic E-state index is 13.2. The van der Waals surface area contributed by atoms with Crippen LogP contribution in [0.2, 0.25) is 0 Å². The quantitative estimate of drug-likeness (QED) is 0.692. The number of aromatic nitrogens is 1. The number of aromatic amines is 1. The Morgan fingerprint density at radius 2 is 1.93 bits per heavy atom. The fourth-order valence-electron chi connectivity index (χ4n) is 4.56. The number of H-pyrrole nitrogens is 1. The van der Waals surface area contributed by atoms with Crippen molar-refractivity contribution in [1.82, 2.24) is 15.2 Å². The molecule has 2 aliphatic rings. The number of carbonyl (C=O) groups excluding carboxylic acids is 2. The Kier molecular flexibility index (Phi) is 4.21. The van der Waals surface area contributed by atoms with Crippen LogP contribution in [-0.2, 0) is 11.2 Å². The largest absolute Gasteiger partial charge is 0.361 e. The number of para-hydroxylation sites is 1. The molecular formula is C23H23N3O2S. The maximum absolute atomic E-state index is 13.2. The number of carbonyl (C=O) groups is 2. The van der Waals surface area contributed by atoms with Crippen LogP contribution in [0.5, 0.6) is 0 Å². The smallest absolute Gasteiger partial charge is 0.256 e. The second-order valence-electron chi connectivity index (χ2n) is 8.18. The van der Waals surface area contributed by atoms with Gasteiger partial charge in [0.25, 0.3) is 5.91 Å². The van der Waals surface area contributed by atoms with Crippen LogP contribution in [-0.4, -0.2) is 39.0 Å². The molecule has 1 fully saturated rings. The van der Waals surface area contributed by atoms with Crippen LogP contribution in [0.3, 0.4) is 0 Å². The van der Waals surface area contributed by atoms with Gasteiger partial charge in [0, 0.05) is 34.0 Å². The van der Waals surface area contributed by atoms with E-state index in [1.54, 1.807) is 16.7 Å². The second-order valence-corrected chi connectivity index (χ2v) is 9.91. The first kappa shape index (κ1) is 18.3. The van der Waals surface area contributed by atoms with Crippen molar-refractivity contribution in [2.24, 2.45) is 0 Å². The van der Waals surface area contributed by atoms with E-state index in [9.17, 15) is 9.59 Å². The zero-order chi connectivity index (χ0) is 20.2. The molecule has 148 valence electrons. The lowest BCUT2D eigenvalue weighted by Crippen LogP contribution is -2.52. The molecule has 1 saturated heterocycles. The van der Waals surface area contributed by atoms with Crippen molar-refractivity contribution >= 4 is 34.5 Å². The molecule has 0 aliphatic carbocycles. The van der Waals surface area contributed by atoms with E-state index in [0.717, 1.165) is 23.1 Å². The minimum atomic E-state index is -0.486. The van der Waals surface area contributed by atoms with Crippen LogP contribution in [0.15, 0.2) is 54.7 Å². The zero-order valence-corrected chi connectivity index (χ0v) is 17.3. The predicted molar refractivity (Wildman–Crippen MR) is 116 cm³/mol. The van der Waals surface area contributed by atoms with Gasteiger partial charge >= 0.3 is 0 Å². The van der Waals surface area contributed by atoms with Gasteiger partial charge < -0.3 is 15.2 Å². The van der Waals surface area contributed by atoms with Crippen molar-refractivity contribution in [1.29, 1.82) is 0 Å². The average molecular weight is 406 g/mol. The molecule has 3 heterocycles. The number of benzene rings is 2. The topological polar surface area (TPSA) is 65.2 Å². The van der Waals surface area contributed by atoms with E-state index < -0.39 is 6.04 Å². The minimum Gasteiger partial charge on any atom is -0.361 e. The van der Waals surface area contributed by atoms with Crippen molar-refractivity contribution in [3.8, 4) is 0 Å². The summed E-state index contributed by atoms with van der Waals surface area (Å²) in [6.45, 7) is 4.64. The highest BCUT2D eigenvalue weighted by Crippen LogP contribution is 2.56. The monoisotopic (exact) mass is 405 g/mol. The first-order valence-electron chi connectivity index (χ1n) is 9.89. The number of amides is 2. The van der Waals surface area contributed by atoms with E-state index in [2.05, 4.69) is 30.2 Å². The summed E-state index contributed by atoms with van der Waals surface area (Å²) >= 11 is 1.69. The molecule has 29 heavy (non-hydrogen) atoms. The van der Waals surface area contributed by atoms with Gasteiger partial charge in [0.05, 0.1) is 0 Å². The molecule has 5 nitrogen and oxygen atoms in total. The molecule has 5 rings (SSSR count). The van der Waals surface area contributed by atoms with Crippen LogP contribution in [0.4, 0.5) is 0 Å². The van der Waals surface area contributed by atoms with Crippen molar-refractivity contribution < 1.29 is 9.59 Å². The molecule has 1 aromatic heterocycles. The predicted octanol–water partition coefficient (Wildman–Crippen LogP) is 3.88. The van der Waals surface area contributed by atoms with E-state index >= 15 is 0 Å². The summed E-state index contributed by atoms with van der Waals surface area (Å²) in [6.07, 6.45) is 2.75. The first-order chi connectivity index (χ1) is 14.0. The molecule has 3 aromatic rings. The van der Waals surface area contributed by atoms with Gasteiger partial charge in [-0.15, -0.1) is 11.8 Å². The van der Waals surface area contributed by atoms with Crippen LogP contribution in [0, 0.1) is 0 Å². The highest BCUT2D eigenvalue weighted by atomic mass is 32.2. The van der Waals surface area contributed by atoms with E-state index in [1.807, 2.05) is 48.7 Å². The van der Waals surface area contributed by atoms with Gasteiger partial charge in [-0.2, -0.15) is 0 Å². The summed E-state index contributed by atoms with van der Waals surface area (Å²) < 4.78 is -0.348. The highest BCUT2D eigenvalue weighted by molar-refractivity contribution is 8.01. The molecule has 0 spiro atoms. The van der Waals surface area contributed by atoms with Gasteiger partial charge in [-0.25, -0.2) is 0 Å². The fraction of sp³-hybridized carbons (Fsp3) is 0.304. The molecule has 6 heteroatoms. The Balaban J connectivity index is 1.32. The van der Waals surface area contributed by atoms with Gasteiger partial charge in [0.15, 0.2) is 0 Å². The molecule has 0 bridgehead atoms. The molecular weight excluding hydrogens is 382 g/mol. The van der Waals surface area contributed by atoms with Crippen molar-refractivity contribution in [3.63, 3.8) is 0 Å². The Morgan fingerprint density at radius 3 is 2.79 bits per heavy atom. The van der Waals surface area contributed by atoms with Gasteiger partial charge in [-0.05, 0) is 43.5 Å². The average Bonchev–Trinajstić information content (AvgIpc) is 3.32. The molecule has 2 aliphatic heterocycles. The lowest BCUT2D eigenvalue weighted by Gasteiger charge is -2.29. The Morgan fingerprint density at radius 1 is 1.17 bits per heavy atom. The molecule has 0 saturated carbocycles. The minimum absolute atomic E-state index is 0.0412. The van der Waals surface area contributed by atoms with Crippen molar-refractivity contribution in [3.05, 3.63) is 71.4 Å². The van der Waals surface area contributed by atoms with Crippen molar-refractivity contribution in [2.45, 2.75) is 36.4 Å². The summed E-state index contributed by atoms with van der Waals surface area (Å²) in [5, 5.41) is 4.18. The molecule has 0 radical (unpaired) electrons. The summed E-state index contributed by atoms with van der Waals surface area (Å²) in [5.41, 5.74) is 4.02. The number of hydrogen-bond acceptors (Lipinski definition) is 3. The molecule has 2 atom stereocenters. The lowest BCUT2D eigenvalue weighted by atomic mass is 10.0. The zero-order valence-electron chi connectivity index (χ0n) is 16.4. The molecule has 2 aromatic carbocycles. The van der Waals surface area contributed by atoms with Crippen LogP contribution >= 0.6 is 11.8 Å². The molecule has 2 amide bonds. The van der Waals surface area contributed by atoms with E-state index in [-0.39, 0.29) is 21.9 Å². The number of nitrogens with zero attached hydrogens (tertiary/aromatic N) is 1. The number of thioether (sulfide) groups is 1. The summed E-state index contributed by atoms with van der Waals surface area (Å²) in [6, 6.07) is 15.4. The number of nitrogens with one attached hydrogen (secondary N) is 2. The van der Waals surface area contributed by atoms with E-state index in [4.69, 9.17) is 0 Å². The van der Waals surface area contributed by atoms with Crippen molar-refractivity contribution in [2.75, 3.05) is 6.54 Å². The summed E-state index contributed by atoms with van der Waals surface area (Å²) in [7, 11) is 0. The maximum Gasteiger partial charge on any atom is 0.256 e. The fourth-order valence-corrected chi connectivity index (χ4v) is 6.15. The SMILES string of the molecule is CC1(C)SC2c3ccccc3C(=O)N2[C@@H]1C(=O)NCCc1c[nH]c2ccccc12. The number of fused-ring (bicyclic) bond motifs is 4. The normalized spacial score (nSPS) is 22.0. The van der Waals surface area contributed by atoms with Crippen LogP contribution in [0.25, 0.3) is 10.9 Å². The molecule has 2 N–H and O–H groups in total. The third-order valence-electron chi connectivity index (χ3n) is 5.91.